The molecule has 1 unspecified atom stereocenters. The lowest BCUT2D eigenvalue weighted by molar-refractivity contribution is -0.137. The van der Waals surface area contributed by atoms with Gasteiger partial charge < -0.3 is 5.11 Å². The number of aliphatic carboxylic acids is 1. The van der Waals surface area contributed by atoms with Gasteiger partial charge in [-0.3, -0.25) is 9.35 Å². The van der Waals surface area contributed by atoms with Gasteiger partial charge in [0.1, 0.15) is 0 Å². The van der Waals surface area contributed by atoms with Crippen LogP contribution >= 0.6 is 0 Å². The summed E-state index contributed by atoms with van der Waals surface area (Å²) in [5, 5.41) is 7.52. The van der Waals surface area contributed by atoms with Gasteiger partial charge in [0.15, 0.2) is 0 Å². The highest BCUT2D eigenvalue weighted by molar-refractivity contribution is 7.86. The van der Waals surface area contributed by atoms with Crippen molar-refractivity contribution in [1.29, 1.82) is 0 Å². The lowest BCUT2D eigenvalue weighted by Gasteiger charge is -2.13. The zero-order chi connectivity index (χ0) is 12.8. The van der Waals surface area contributed by atoms with Crippen LogP contribution < -0.4 is 0 Å². The second kappa shape index (κ2) is 6.85. The summed E-state index contributed by atoms with van der Waals surface area (Å²) in [4.78, 5) is 10.3. The molecule has 0 rings (SSSR count). The second-order valence-corrected chi connectivity index (χ2v) is 6.09. The Hall–Kier alpha value is -0.620. The molecule has 16 heavy (non-hydrogen) atoms. The first-order valence-corrected chi connectivity index (χ1v) is 6.92. The van der Waals surface area contributed by atoms with Gasteiger partial charge in [-0.2, -0.15) is 8.42 Å². The van der Waals surface area contributed by atoms with Crippen molar-refractivity contribution in [2.75, 3.05) is 0 Å². The molecule has 5 nitrogen and oxygen atoms in total. The Morgan fingerprint density at radius 1 is 1.19 bits per heavy atom. The second-order valence-electron chi connectivity index (χ2n) is 4.39. The SMILES string of the molecule is CC(C)CCCC(CCC(=O)O)S(=O)(=O)O. The zero-order valence-corrected chi connectivity index (χ0v) is 10.5. The van der Waals surface area contributed by atoms with E-state index in [1.807, 2.05) is 13.8 Å². The maximum atomic E-state index is 11.0. The highest BCUT2D eigenvalue weighted by Gasteiger charge is 2.23. The first-order chi connectivity index (χ1) is 7.23. The molecule has 0 fully saturated rings. The molecule has 2 N–H and O–H groups in total. The van der Waals surface area contributed by atoms with Gasteiger partial charge in [-0.25, -0.2) is 0 Å². The maximum absolute atomic E-state index is 11.0. The molecule has 1 atom stereocenters. The number of hydrogen-bond donors (Lipinski definition) is 2. The number of rotatable bonds is 8. The van der Waals surface area contributed by atoms with Gasteiger partial charge in [-0.1, -0.05) is 26.7 Å². The Bertz CT molecular complexity index is 307. The number of carbonyl (C=O) groups is 1. The van der Waals surface area contributed by atoms with Crippen LogP contribution in [0.25, 0.3) is 0 Å². The Balaban J connectivity index is 4.18. The van der Waals surface area contributed by atoms with Crippen LogP contribution in [0.5, 0.6) is 0 Å². The van der Waals surface area contributed by atoms with Crippen molar-refractivity contribution in [2.24, 2.45) is 5.92 Å². The van der Waals surface area contributed by atoms with Gasteiger partial charge in [0.25, 0.3) is 10.1 Å². The average molecular weight is 252 g/mol. The van der Waals surface area contributed by atoms with Crippen LogP contribution in [0.2, 0.25) is 0 Å². The van der Waals surface area contributed by atoms with E-state index in [2.05, 4.69) is 0 Å². The smallest absolute Gasteiger partial charge is 0.303 e. The summed E-state index contributed by atoms with van der Waals surface area (Å²) < 4.78 is 30.9. The van der Waals surface area contributed by atoms with Crippen molar-refractivity contribution in [3.05, 3.63) is 0 Å². The van der Waals surface area contributed by atoms with Crippen LogP contribution in [-0.2, 0) is 14.9 Å². The van der Waals surface area contributed by atoms with Crippen LogP contribution in [0, 0.1) is 5.92 Å². The van der Waals surface area contributed by atoms with E-state index in [4.69, 9.17) is 9.66 Å². The molecule has 0 saturated heterocycles. The van der Waals surface area contributed by atoms with E-state index < -0.39 is 21.3 Å². The monoisotopic (exact) mass is 252 g/mol. The lowest BCUT2D eigenvalue weighted by atomic mass is 10.0. The fourth-order valence-electron chi connectivity index (χ4n) is 1.48. The number of carboxylic acids is 1. The van der Waals surface area contributed by atoms with Gasteiger partial charge in [-0.05, 0) is 18.8 Å². The van der Waals surface area contributed by atoms with E-state index in [-0.39, 0.29) is 12.8 Å². The first kappa shape index (κ1) is 15.4. The molecule has 0 aromatic rings. The van der Waals surface area contributed by atoms with Gasteiger partial charge in [0.2, 0.25) is 0 Å². The molecular formula is C10H20O5S. The van der Waals surface area contributed by atoms with Gasteiger partial charge in [0.05, 0.1) is 5.25 Å². The third-order valence-corrected chi connectivity index (χ3v) is 3.72. The van der Waals surface area contributed by atoms with Gasteiger partial charge >= 0.3 is 5.97 Å². The minimum atomic E-state index is -4.12. The van der Waals surface area contributed by atoms with Crippen LogP contribution in [-0.4, -0.2) is 29.3 Å². The lowest BCUT2D eigenvalue weighted by Crippen LogP contribution is -2.21. The first-order valence-electron chi connectivity index (χ1n) is 5.41. The Morgan fingerprint density at radius 2 is 1.75 bits per heavy atom. The third-order valence-electron chi connectivity index (χ3n) is 2.41. The van der Waals surface area contributed by atoms with Crippen molar-refractivity contribution in [2.45, 2.75) is 51.2 Å². The molecule has 0 aliphatic carbocycles. The molecular weight excluding hydrogens is 232 g/mol. The molecule has 0 bridgehead atoms. The molecule has 0 aromatic heterocycles. The molecule has 0 saturated carbocycles. The highest BCUT2D eigenvalue weighted by Crippen LogP contribution is 2.17. The van der Waals surface area contributed by atoms with Crippen molar-refractivity contribution >= 4 is 16.1 Å². The Labute approximate surface area is 96.6 Å². The average Bonchev–Trinajstić information content (AvgIpc) is 2.07. The minimum absolute atomic E-state index is 0.0216. The quantitative estimate of drug-likeness (QED) is 0.644. The molecule has 0 spiro atoms. The van der Waals surface area contributed by atoms with Gasteiger partial charge in [-0.15, -0.1) is 0 Å². The summed E-state index contributed by atoms with van der Waals surface area (Å²) >= 11 is 0. The summed E-state index contributed by atoms with van der Waals surface area (Å²) in [6.07, 6.45) is 1.63. The van der Waals surface area contributed by atoms with E-state index in [1.54, 1.807) is 0 Å². The normalized spacial score (nSPS) is 14.0. The molecule has 0 aromatic carbocycles. The zero-order valence-electron chi connectivity index (χ0n) is 9.72. The van der Waals surface area contributed by atoms with Crippen LogP contribution in [0.3, 0.4) is 0 Å². The van der Waals surface area contributed by atoms with Gasteiger partial charge in [0, 0.05) is 6.42 Å². The molecule has 6 heteroatoms. The van der Waals surface area contributed by atoms with Crippen LogP contribution in [0.4, 0.5) is 0 Å². The van der Waals surface area contributed by atoms with Crippen molar-refractivity contribution in [1.82, 2.24) is 0 Å². The van der Waals surface area contributed by atoms with Crippen molar-refractivity contribution in [3.63, 3.8) is 0 Å². The largest absolute Gasteiger partial charge is 0.481 e. The molecule has 0 radical (unpaired) electrons. The summed E-state index contributed by atoms with van der Waals surface area (Å²) in [7, 11) is -4.12. The standard InChI is InChI=1S/C10H20O5S/c1-8(2)4-3-5-9(16(13,14)15)6-7-10(11)12/h8-9H,3-7H2,1-2H3,(H,11,12)(H,13,14,15). The topological polar surface area (TPSA) is 91.7 Å². The van der Waals surface area contributed by atoms with Crippen LogP contribution in [0.15, 0.2) is 0 Å². The summed E-state index contributed by atoms with van der Waals surface area (Å²) in [5.74, 6) is -0.570. The van der Waals surface area contributed by atoms with Crippen LogP contribution in [0.1, 0.15) is 46.0 Å². The Morgan fingerprint density at radius 3 is 2.12 bits per heavy atom. The molecule has 0 amide bonds. The van der Waals surface area contributed by atoms with E-state index in [9.17, 15) is 13.2 Å². The summed E-state index contributed by atoms with van der Waals surface area (Å²) in [5.41, 5.74) is 0. The summed E-state index contributed by atoms with van der Waals surface area (Å²) in [6, 6.07) is 0. The molecule has 0 heterocycles. The minimum Gasteiger partial charge on any atom is -0.481 e. The fraction of sp³-hybridized carbons (Fsp3) is 0.900. The highest BCUT2D eigenvalue weighted by atomic mass is 32.2. The van der Waals surface area contributed by atoms with Crippen molar-refractivity contribution in [3.8, 4) is 0 Å². The van der Waals surface area contributed by atoms with E-state index in [0.29, 0.717) is 18.8 Å². The fourth-order valence-corrected chi connectivity index (χ4v) is 2.36. The number of carboxylic acid groups (broad SMARTS) is 1. The molecule has 0 aliphatic heterocycles. The summed E-state index contributed by atoms with van der Waals surface area (Å²) in [6.45, 7) is 4.05. The van der Waals surface area contributed by atoms with E-state index >= 15 is 0 Å². The molecule has 96 valence electrons. The van der Waals surface area contributed by atoms with E-state index in [0.717, 1.165) is 6.42 Å². The molecule has 0 aliphatic rings. The third kappa shape index (κ3) is 7.64. The predicted octanol–water partition coefficient (Wildman–Crippen LogP) is 1.93. The van der Waals surface area contributed by atoms with E-state index in [1.165, 1.54) is 0 Å². The maximum Gasteiger partial charge on any atom is 0.303 e. The predicted molar refractivity (Wildman–Crippen MR) is 60.9 cm³/mol. The number of hydrogen-bond acceptors (Lipinski definition) is 3. The Kier molecular flexibility index (Phi) is 6.59. The van der Waals surface area contributed by atoms with Crippen molar-refractivity contribution < 1.29 is 22.9 Å².